The summed E-state index contributed by atoms with van der Waals surface area (Å²) < 4.78 is 32.9. The minimum atomic E-state index is -3.71. The molecule has 1 N–H and O–H groups in total. The molecule has 2 fully saturated rings. The minimum absolute atomic E-state index is 0.0405. The van der Waals surface area contributed by atoms with Gasteiger partial charge in [-0.15, -0.1) is 0 Å². The summed E-state index contributed by atoms with van der Waals surface area (Å²) in [5.41, 5.74) is 2.53. The van der Waals surface area contributed by atoms with Crippen molar-refractivity contribution in [2.75, 3.05) is 53.4 Å². The van der Waals surface area contributed by atoms with E-state index >= 15 is 0 Å². The van der Waals surface area contributed by atoms with Gasteiger partial charge in [-0.05, 0) is 49.2 Å². The molecule has 8 nitrogen and oxygen atoms in total. The maximum Gasteiger partial charge on any atom is 0.251 e. The average Bonchev–Trinajstić information content (AvgIpc) is 3.40. The van der Waals surface area contributed by atoms with Crippen molar-refractivity contribution < 1.29 is 17.9 Å². The van der Waals surface area contributed by atoms with Gasteiger partial charge in [0.25, 0.3) is 5.91 Å². The van der Waals surface area contributed by atoms with Gasteiger partial charge in [-0.3, -0.25) is 9.69 Å². The van der Waals surface area contributed by atoms with E-state index < -0.39 is 10.0 Å². The lowest BCUT2D eigenvalue weighted by atomic mass is 10.1. The van der Waals surface area contributed by atoms with Crippen LogP contribution in [0.2, 0.25) is 0 Å². The SMILES string of the molecule is COc1ccc(C(=O)NCc2cccc(CN3CCN(C)CC3)c2)cc1S(=O)(=O)N1CCCC1. The first-order valence-corrected chi connectivity index (χ1v) is 13.3. The summed E-state index contributed by atoms with van der Waals surface area (Å²) in [6.07, 6.45) is 1.69. The fraction of sp³-hybridized carbons (Fsp3) is 0.480. The number of piperazine rings is 1. The highest BCUT2D eigenvalue weighted by Crippen LogP contribution is 2.30. The van der Waals surface area contributed by atoms with E-state index in [2.05, 4.69) is 34.3 Å². The van der Waals surface area contributed by atoms with Crippen molar-refractivity contribution in [3.63, 3.8) is 0 Å². The molecule has 0 aromatic heterocycles. The van der Waals surface area contributed by atoms with E-state index in [-0.39, 0.29) is 16.6 Å². The van der Waals surface area contributed by atoms with E-state index in [4.69, 9.17) is 4.74 Å². The summed E-state index contributed by atoms with van der Waals surface area (Å²) in [6.45, 7) is 6.51. The number of benzene rings is 2. The molecule has 0 unspecified atom stereocenters. The largest absolute Gasteiger partial charge is 0.495 e. The highest BCUT2D eigenvalue weighted by Gasteiger charge is 2.30. The van der Waals surface area contributed by atoms with Gasteiger partial charge in [0.2, 0.25) is 10.0 Å². The van der Waals surface area contributed by atoms with Crippen LogP contribution in [0.4, 0.5) is 0 Å². The van der Waals surface area contributed by atoms with E-state index in [9.17, 15) is 13.2 Å². The zero-order valence-corrected chi connectivity index (χ0v) is 20.8. The van der Waals surface area contributed by atoms with Crippen molar-refractivity contribution in [1.29, 1.82) is 0 Å². The number of nitrogens with one attached hydrogen (secondary N) is 1. The molecular formula is C25H34N4O4S. The van der Waals surface area contributed by atoms with Crippen LogP contribution in [0.3, 0.4) is 0 Å². The third-order valence-corrected chi connectivity index (χ3v) is 8.48. The van der Waals surface area contributed by atoms with Crippen molar-refractivity contribution in [2.45, 2.75) is 30.8 Å². The molecule has 2 aliphatic heterocycles. The second kappa shape index (κ2) is 10.9. The van der Waals surface area contributed by atoms with Crippen LogP contribution in [0.5, 0.6) is 5.75 Å². The molecule has 0 saturated carbocycles. The summed E-state index contributed by atoms with van der Waals surface area (Å²) in [5, 5.41) is 2.93. The summed E-state index contributed by atoms with van der Waals surface area (Å²) in [5.74, 6) is -0.0648. The van der Waals surface area contributed by atoms with Gasteiger partial charge in [-0.1, -0.05) is 24.3 Å². The molecule has 0 atom stereocenters. The lowest BCUT2D eigenvalue weighted by Crippen LogP contribution is -2.43. The maximum atomic E-state index is 13.1. The van der Waals surface area contributed by atoms with Gasteiger partial charge in [0.15, 0.2) is 0 Å². The number of likely N-dealkylation sites (N-methyl/N-ethyl adjacent to an activating group) is 1. The molecule has 2 saturated heterocycles. The lowest BCUT2D eigenvalue weighted by molar-refractivity contribution is 0.0950. The Bertz CT molecular complexity index is 1110. The Morgan fingerprint density at radius 2 is 1.68 bits per heavy atom. The molecular weight excluding hydrogens is 452 g/mol. The topological polar surface area (TPSA) is 82.2 Å². The van der Waals surface area contributed by atoms with Gasteiger partial charge in [0.05, 0.1) is 7.11 Å². The average molecular weight is 487 g/mol. The Morgan fingerprint density at radius 3 is 2.38 bits per heavy atom. The van der Waals surface area contributed by atoms with Crippen molar-refractivity contribution in [3.05, 3.63) is 59.2 Å². The Labute approximate surface area is 202 Å². The monoisotopic (exact) mass is 486 g/mol. The van der Waals surface area contributed by atoms with Gasteiger partial charge in [0.1, 0.15) is 10.6 Å². The maximum absolute atomic E-state index is 13.1. The van der Waals surface area contributed by atoms with Crippen LogP contribution < -0.4 is 10.1 Å². The predicted octanol–water partition coefficient (Wildman–Crippen LogP) is 2.16. The number of carbonyl (C=O) groups is 1. The number of sulfonamides is 1. The molecule has 2 aromatic carbocycles. The minimum Gasteiger partial charge on any atom is -0.495 e. The predicted molar refractivity (Wildman–Crippen MR) is 131 cm³/mol. The Morgan fingerprint density at radius 1 is 0.971 bits per heavy atom. The third-order valence-electron chi connectivity index (χ3n) is 6.56. The van der Waals surface area contributed by atoms with E-state index in [0.29, 0.717) is 25.2 Å². The summed E-state index contributed by atoms with van der Waals surface area (Å²) >= 11 is 0. The summed E-state index contributed by atoms with van der Waals surface area (Å²) in [4.78, 5) is 17.7. The molecule has 0 radical (unpaired) electrons. The first-order chi connectivity index (χ1) is 16.4. The zero-order valence-electron chi connectivity index (χ0n) is 20.0. The molecule has 4 rings (SSSR count). The first kappa shape index (κ1) is 24.7. The molecule has 0 spiro atoms. The molecule has 2 aromatic rings. The smallest absolute Gasteiger partial charge is 0.251 e. The Kier molecular flexibility index (Phi) is 7.88. The van der Waals surface area contributed by atoms with Crippen LogP contribution in [-0.4, -0.2) is 81.9 Å². The highest BCUT2D eigenvalue weighted by molar-refractivity contribution is 7.89. The van der Waals surface area contributed by atoms with Crippen LogP contribution in [0, 0.1) is 0 Å². The van der Waals surface area contributed by atoms with E-state index in [1.54, 1.807) is 12.1 Å². The Balaban J connectivity index is 1.42. The van der Waals surface area contributed by atoms with Gasteiger partial charge in [-0.2, -0.15) is 4.31 Å². The lowest BCUT2D eigenvalue weighted by Gasteiger charge is -2.32. The third kappa shape index (κ3) is 5.78. The van der Waals surface area contributed by atoms with Crippen molar-refractivity contribution in [1.82, 2.24) is 19.4 Å². The van der Waals surface area contributed by atoms with Gasteiger partial charge >= 0.3 is 0 Å². The molecule has 0 aliphatic carbocycles. The van der Waals surface area contributed by atoms with Crippen LogP contribution in [-0.2, 0) is 23.1 Å². The number of hydrogen-bond acceptors (Lipinski definition) is 6. The molecule has 184 valence electrons. The normalized spacial score (nSPS) is 18.2. The number of methoxy groups -OCH3 is 1. The van der Waals surface area contributed by atoms with Crippen LogP contribution in [0.1, 0.15) is 34.3 Å². The number of nitrogens with zero attached hydrogens (tertiary/aromatic N) is 3. The number of rotatable bonds is 8. The summed E-state index contributed by atoms with van der Waals surface area (Å²) in [7, 11) is -0.122. The van der Waals surface area contributed by atoms with Crippen LogP contribution in [0.25, 0.3) is 0 Å². The van der Waals surface area contributed by atoms with Crippen LogP contribution >= 0.6 is 0 Å². The van der Waals surface area contributed by atoms with Crippen molar-refractivity contribution in [3.8, 4) is 5.75 Å². The zero-order chi connectivity index (χ0) is 24.1. The molecule has 2 aliphatic rings. The van der Waals surface area contributed by atoms with E-state index in [0.717, 1.165) is 51.1 Å². The first-order valence-electron chi connectivity index (χ1n) is 11.8. The quantitative estimate of drug-likeness (QED) is 0.616. The standard InChI is InChI=1S/C25H34N4O4S/c1-27-12-14-28(15-13-27)19-21-7-5-6-20(16-21)18-26-25(30)22-8-9-23(33-2)24(17-22)34(31,32)29-10-3-4-11-29/h5-9,16-17H,3-4,10-15,18-19H2,1-2H3,(H,26,30). The van der Waals surface area contributed by atoms with Crippen molar-refractivity contribution >= 4 is 15.9 Å². The number of ether oxygens (including phenoxy) is 1. The van der Waals surface area contributed by atoms with Crippen LogP contribution in [0.15, 0.2) is 47.4 Å². The van der Waals surface area contributed by atoms with Gasteiger partial charge in [0, 0.05) is 57.9 Å². The number of amides is 1. The molecule has 9 heteroatoms. The second-order valence-corrected chi connectivity index (χ2v) is 11.0. The summed E-state index contributed by atoms with van der Waals surface area (Å²) in [6, 6.07) is 12.8. The highest BCUT2D eigenvalue weighted by atomic mass is 32.2. The van der Waals surface area contributed by atoms with E-state index in [1.165, 1.54) is 23.0 Å². The fourth-order valence-electron chi connectivity index (χ4n) is 4.47. The van der Waals surface area contributed by atoms with Crippen molar-refractivity contribution in [2.24, 2.45) is 0 Å². The second-order valence-electron chi connectivity index (χ2n) is 9.06. The van der Waals surface area contributed by atoms with Gasteiger partial charge < -0.3 is 15.0 Å². The fourth-order valence-corrected chi connectivity index (χ4v) is 6.17. The number of hydrogen-bond donors (Lipinski definition) is 1. The van der Waals surface area contributed by atoms with Gasteiger partial charge in [-0.25, -0.2) is 8.42 Å². The molecule has 2 heterocycles. The Hall–Kier alpha value is -2.46. The molecule has 1 amide bonds. The number of carbonyl (C=O) groups excluding carboxylic acids is 1. The van der Waals surface area contributed by atoms with E-state index in [1.807, 2.05) is 12.1 Å². The molecule has 0 bridgehead atoms. The molecule has 34 heavy (non-hydrogen) atoms.